The maximum atomic E-state index is 6.07. The fourth-order valence-corrected chi connectivity index (χ4v) is 2.89. The van der Waals surface area contributed by atoms with Gasteiger partial charge in [-0.25, -0.2) is 4.68 Å². The molecule has 0 radical (unpaired) electrons. The molecule has 4 rings (SSSR count). The second-order valence-electron chi connectivity index (χ2n) is 5.56. The Balaban J connectivity index is 1.80. The van der Waals surface area contributed by atoms with Crippen molar-refractivity contribution in [3.05, 3.63) is 77.6 Å². The number of nitrogens with zero attached hydrogens (tertiary/aromatic N) is 3. The summed E-state index contributed by atoms with van der Waals surface area (Å²) in [5.41, 5.74) is 3.78. The molecule has 0 saturated carbocycles. The number of benzene rings is 2. The van der Waals surface area contributed by atoms with Crippen molar-refractivity contribution in [1.82, 2.24) is 14.8 Å². The largest absolute Gasteiger partial charge is 0.340 e. The lowest BCUT2D eigenvalue weighted by Gasteiger charge is -2.11. The molecule has 24 heavy (non-hydrogen) atoms. The van der Waals surface area contributed by atoms with Crippen LogP contribution in [0.3, 0.4) is 0 Å². The molecule has 1 N–H and O–H groups in total. The second kappa shape index (κ2) is 5.98. The fraction of sp³-hybridized carbons (Fsp3) is 0.0526. The highest BCUT2D eigenvalue weighted by molar-refractivity contribution is 6.31. The monoisotopic (exact) mass is 334 g/mol. The van der Waals surface area contributed by atoms with Gasteiger partial charge in [0, 0.05) is 22.7 Å². The van der Waals surface area contributed by atoms with Crippen molar-refractivity contribution in [1.29, 1.82) is 0 Å². The van der Waals surface area contributed by atoms with E-state index in [9.17, 15) is 0 Å². The number of halogens is 1. The summed E-state index contributed by atoms with van der Waals surface area (Å²) in [5.74, 6) is 0.904. The number of fused-ring (bicyclic) bond motifs is 1. The summed E-state index contributed by atoms with van der Waals surface area (Å²) in [7, 11) is 0. The zero-order valence-electron chi connectivity index (χ0n) is 13.1. The van der Waals surface area contributed by atoms with Crippen molar-refractivity contribution in [2.24, 2.45) is 0 Å². The van der Waals surface area contributed by atoms with Gasteiger partial charge in [0.2, 0.25) is 0 Å². The van der Waals surface area contributed by atoms with Crippen molar-refractivity contribution >= 4 is 34.0 Å². The summed E-state index contributed by atoms with van der Waals surface area (Å²) in [6.45, 7) is 1.98. The Morgan fingerprint density at radius 3 is 2.67 bits per heavy atom. The molecule has 118 valence electrons. The number of rotatable bonds is 3. The smallest absolute Gasteiger partial charge is 0.134 e. The molecule has 0 spiro atoms. The molecular formula is C19H15ClN4. The maximum absolute atomic E-state index is 6.07. The van der Waals surface area contributed by atoms with Crippen molar-refractivity contribution < 1.29 is 0 Å². The molecule has 5 heteroatoms. The molecule has 0 aliphatic heterocycles. The molecule has 4 nitrogen and oxygen atoms in total. The van der Waals surface area contributed by atoms with E-state index in [-0.39, 0.29) is 0 Å². The lowest BCUT2D eigenvalue weighted by molar-refractivity contribution is 0.869. The topological polar surface area (TPSA) is 42.7 Å². The quantitative estimate of drug-likeness (QED) is 0.565. The van der Waals surface area contributed by atoms with Crippen LogP contribution in [0.2, 0.25) is 5.02 Å². The minimum atomic E-state index is 0.678. The van der Waals surface area contributed by atoms with Gasteiger partial charge in [0.1, 0.15) is 5.82 Å². The summed E-state index contributed by atoms with van der Waals surface area (Å²) in [6.07, 6.45) is 1.77. The van der Waals surface area contributed by atoms with Crippen LogP contribution in [0.5, 0.6) is 0 Å². The number of aromatic nitrogens is 3. The Morgan fingerprint density at radius 2 is 1.83 bits per heavy atom. The van der Waals surface area contributed by atoms with Crippen LogP contribution in [0.25, 0.3) is 16.6 Å². The van der Waals surface area contributed by atoms with E-state index in [0.29, 0.717) is 5.02 Å². The van der Waals surface area contributed by atoms with Crippen LogP contribution in [0.1, 0.15) is 5.69 Å². The normalized spacial score (nSPS) is 10.9. The van der Waals surface area contributed by atoms with Gasteiger partial charge < -0.3 is 5.32 Å². The highest BCUT2D eigenvalue weighted by Crippen LogP contribution is 2.28. The highest BCUT2D eigenvalue weighted by Gasteiger charge is 2.10. The van der Waals surface area contributed by atoms with Gasteiger partial charge in [0.15, 0.2) is 0 Å². The van der Waals surface area contributed by atoms with E-state index in [2.05, 4.69) is 15.4 Å². The number of hydrogen-bond acceptors (Lipinski definition) is 3. The van der Waals surface area contributed by atoms with Crippen molar-refractivity contribution in [3.63, 3.8) is 0 Å². The predicted octanol–water partition coefficient (Wildman–Crippen LogP) is 5.13. The number of anilines is 2. The maximum Gasteiger partial charge on any atom is 0.134 e. The summed E-state index contributed by atoms with van der Waals surface area (Å²) >= 11 is 6.07. The molecule has 2 aromatic carbocycles. The third-order valence-electron chi connectivity index (χ3n) is 3.80. The average molecular weight is 335 g/mol. The Bertz CT molecular complexity index is 1010. The van der Waals surface area contributed by atoms with E-state index < -0.39 is 0 Å². The van der Waals surface area contributed by atoms with Crippen LogP contribution in [0.15, 0.2) is 66.9 Å². The Labute approximate surface area is 144 Å². The number of pyridine rings is 1. The zero-order valence-corrected chi connectivity index (χ0v) is 13.8. The Kier molecular flexibility index (Phi) is 3.67. The standard InChI is InChI=1S/C19H15ClN4/c1-13-11-19(24(23-13)15-5-3-2-4-6-15)22-17-9-10-21-18-12-14(20)7-8-16(17)18/h2-12H,1H3,(H,21,22). The van der Waals surface area contributed by atoms with Crippen molar-refractivity contribution in [2.75, 3.05) is 5.32 Å². The molecule has 0 amide bonds. The van der Waals surface area contributed by atoms with E-state index in [0.717, 1.165) is 33.8 Å². The first kappa shape index (κ1) is 14.7. The van der Waals surface area contributed by atoms with Crippen LogP contribution in [0, 0.1) is 6.92 Å². The van der Waals surface area contributed by atoms with Gasteiger partial charge in [-0.1, -0.05) is 29.8 Å². The van der Waals surface area contributed by atoms with Gasteiger partial charge in [0.05, 0.1) is 22.6 Å². The molecule has 0 saturated heterocycles. The van der Waals surface area contributed by atoms with Gasteiger partial charge in [0.25, 0.3) is 0 Å². The second-order valence-corrected chi connectivity index (χ2v) is 6.00. The molecule has 0 atom stereocenters. The molecule has 0 aliphatic rings. The van der Waals surface area contributed by atoms with E-state index in [4.69, 9.17) is 11.6 Å². The highest BCUT2D eigenvalue weighted by atomic mass is 35.5. The zero-order chi connectivity index (χ0) is 16.5. The van der Waals surface area contributed by atoms with Crippen LogP contribution in [-0.2, 0) is 0 Å². The molecule has 0 unspecified atom stereocenters. The van der Waals surface area contributed by atoms with E-state index in [1.54, 1.807) is 6.20 Å². The SMILES string of the molecule is Cc1cc(Nc2ccnc3cc(Cl)ccc23)n(-c2ccccc2)n1. The van der Waals surface area contributed by atoms with E-state index in [1.807, 2.05) is 72.3 Å². The molecule has 2 aromatic heterocycles. The molecule has 0 bridgehead atoms. The molecule has 4 aromatic rings. The summed E-state index contributed by atoms with van der Waals surface area (Å²) < 4.78 is 1.90. The number of hydrogen-bond donors (Lipinski definition) is 1. The Morgan fingerprint density at radius 1 is 1.00 bits per heavy atom. The van der Waals surface area contributed by atoms with Gasteiger partial charge in [-0.05, 0) is 43.3 Å². The van der Waals surface area contributed by atoms with Crippen molar-refractivity contribution in [3.8, 4) is 5.69 Å². The van der Waals surface area contributed by atoms with Crippen LogP contribution < -0.4 is 5.32 Å². The fourth-order valence-electron chi connectivity index (χ4n) is 2.72. The third kappa shape index (κ3) is 2.72. The lowest BCUT2D eigenvalue weighted by atomic mass is 10.2. The molecular weight excluding hydrogens is 320 g/mol. The van der Waals surface area contributed by atoms with Gasteiger partial charge in [-0.3, -0.25) is 4.98 Å². The predicted molar refractivity (Wildman–Crippen MR) is 98.3 cm³/mol. The van der Waals surface area contributed by atoms with E-state index in [1.165, 1.54) is 0 Å². The lowest BCUT2D eigenvalue weighted by Crippen LogP contribution is -2.02. The molecule has 0 aliphatic carbocycles. The minimum absolute atomic E-state index is 0.678. The number of para-hydroxylation sites is 1. The first-order chi connectivity index (χ1) is 11.7. The molecule has 0 fully saturated rings. The van der Waals surface area contributed by atoms with Gasteiger partial charge in [-0.15, -0.1) is 0 Å². The first-order valence-electron chi connectivity index (χ1n) is 7.64. The minimum Gasteiger partial charge on any atom is -0.340 e. The summed E-state index contributed by atoms with van der Waals surface area (Å²) in [5, 5.41) is 9.75. The van der Waals surface area contributed by atoms with Gasteiger partial charge in [-0.2, -0.15) is 5.10 Å². The third-order valence-corrected chi connectivity index (χ3v) is 4.03. The van der Waals surface area contributed by atoms with Crippen LogP contribution in [0.4, 0.5) is 11.5 Å². The number of nitrogens with one attached hydrogen (secondary N) is 1. The number of aryl methyl sites for hydroxylation is 1. The summed E-state index contributed by atoms with van der Waals surface area (Å²) in [6, 6.07) is 19.7. The molecule has 2 heterocycles. The Hall–Kier alpha value is -2.85. The van der Waals surface area contributed by atoms with Gasteiger partial charge >= 0.3 is 0 Å². The summed E-state index contributed by atoms with van der Waals surface area (Å²) in [4.78, 5) is 4.38. The van der Waals surface area contributed by atoms with E-state index >= 15 is 0 Å². The first-order valence-corrected chi connectivity index (χ1v) is 8.02. The van der Waals surface area contributed by atoms with Crippen molar-refractivity contribution in [2.45, 2.75) is 6.92 Å². The van der Waals surface area contributed by atoms with Crippen LogP contribution in [-0.4, -0.2) is 14.8 Å². The van der Waals surface area contributed by atoms with Crippen LogP contribution >= 0.6 is 11.6 Å². The average Bonchev–Trinajstić information content (AvgIpc) is 2.96.